The summed E-state index contributed by atoms with van der Waals surface area (Å²) < 4.78 is 5.38. The lowest BCUT2D eigenvalue weighted by molar-refractivity contribution is -0.138. The number of carbonyl (C=O) groups is 1. The average Bonchev–Trinajstić information content (AvgIpc) is 3.15. The van der Waals surface area contributed by atoms with E-state index >= 15 is 0 Å². The molecule has 1 aromatic rings. The van der Waals surface area contributed by atoms with Crippen LogP contribution in [0, 0.1) is 11.8 Å². The second kappa shape index (κ2) is 5.51. The molecule has 1 fully saturated rings. The molecule has 1 aliphatic rings. The monoisotopic (exact) mass is 263 g/mol. The predicted octanol–water partition coefficient (Wildman–Crippen LogP) is 2.95. The van der Waals surface area contributed by atoms with Gasteiger partial charge in [0.05, 0.1) is 18.7 Å². The van der Waals surface area contributed by atoms with E-state index in [1.807, 2.05) is 12.1 Å². The molecular weight excluding hydrogens is 242 g/mol. The topological polar surface area (TPSA) is 58.6 Å². The summed E-state index contributed by atoms with van der Waals surface area (Å²) in [6, 6.07) is 6.12. The van der Waals surface area contributed by atoms with E-state index in [9.17, 15) is 4.79 Å². The molecule has 2 N–H and O–H groups in total. The van der Waals surface area contributed by atoms with Gasteiger partial charge in [-0.25, -0.2) is 0 Å². The fraction of sp³-hybridized carbons (Fsp3) is 0.533. The first-order valence-corrected chi connectivity index (χ1v) is 6.67. The zero-order valence-corrected chi connectivity index (χ0v) is 11.6. The Morgan fingerprint density at radius 3 is 2.79 bits per heavy atom. The standard InChI is InChI=1S/C15H21NO3/c1-9(2)10-4-5-13(14(7-10)19-3)16-8-11-6-12(11)15(17)18/h4-5,7,9,11-12,16H,6,8H2,1-3H3,(H,17,18). The van der Waals surface area contributed by atoms with Gasteiger partial charge in [0.1, 0.15) is 5.75 Å². The van der Waals surface area contributed by atoms with Gasteiger partial charge in [-0.15, -0.1) is 0 Å². The molecule has 0 radical (unpaired) electrons. The van der Waals surface area contributed by atoms with Gasteiger partial charge in [0, 0.05) is 6.54 Å². The van der Waals surface area contributed by atoms with E-state index in [-0.39, 0.29) is 11.8 Å². The summed E-state index contributed by atoms with van der Waals surface area (Å²) >= 11 is 0. The molecule has 0 bridgehead atoms. The van der Waals surface area contributed by atoms with Gasteiger partial charge in [-0.2, -0.15) is 0 Å². The van der Waals surface area contributed by atoms with Gasteiger partial charge in [0.15, 0.2) is 0 Å². The van der Waals surface area contributed by atoms with Crippen LogP contribution in [-0.2, 0) is 4.79 Å². The highest BCUT2D eigenvalue weighted by molar-refractivity contribution is 5.73. The number of hydrogen-bond acceptors (Lipinski definition) is 3. The Kier molecular flexibility index (Phi) is 3.98. The number of carboxylic acids is 1. The Bertz CT molecular complexity index is 470. The highest BCUT2D eigenvalue weighted by atomic mass is 16.5. The summed E-state index contributed by atoms with van der Waals surface area (Å²) in [6.07, 6.45) is 0.773. The maximum absolute atomic E-state index is 10.8. The minimum atomic E-state index is -0.686. The van der Waals surface area contributed by atoms with E-state index in [0.29, 0.717) is 12.5 Å². The Morgan fingerprint density at radius 2 is 2.26 bits per heavy atom. The molecule has 4 nitrogen and oxygen atoms in total. The first-order chi connectivity index (χ1) is 9.02. The molecule has 2 atom stereocenters. The van der Waals surface area contributed by atoms with Crippen LogP contribution in [0.3, 0.4) is 0 Å². The van der Waals surface area contributed by atoms with Crippen LogP contribution in [0.25, 0.3) is 0 Å². The Hall–Kier alpha value is -1.71. The van der Waals surface area contributed by atoms with E-state index in [2.05, 4.69) is 25.2 Å². The lowest BCUT2D eigenvalue weighted by atomic mass is 10.0. The first-order valence-electron chi connectivity index (χ1n) is 6.67. The van der Waals surface area contributed by atoms with Gasteiger partial charge in [-0.1, -0.05) is 19.9 Å². The molecule has 104 valence electrons. The van der Waals surface area contributed by atoms with Gasteiger partial charge in [0.25, 0.3) is 0 Å². The van der Waals surface area contributed by atoms with Crippen molar-refractivity contribution in [2.75, 3.05) is 19.0 Å². The SMILES string of the molecule is COc1cc(C(C)C)ccc1NCC1CC1C(=O)O. The van der Waals surface area contributed by atoms with Crippen LogP contribution in [-0.4, -0.2) is 24.7 Å². The second-order valence-corrected chi connectivity index (χ2v) is 5.44. The van der Waals surface area contributed by atoms with Crippen LogP contribution in [0.2, 0.25) is 0 Å². The van der Waals surface area contributed by atoms with Crippen molar-refractivity contribution in [3.8, 4) is 5.75 Å². The molecular formula is C15H21NO3. The lowest BCUT2D eigenvalue weighted by Gasteiger charge is -2.14. The summed E-state index contributed by atoms with van der Waals surface area (Å²) in [5.74, 6) is 0.663. The summed E-state index contributed by atoms with van der Waals surface area (Å²) in [7, 11) is 1.65. The molecule has 4 heteroatoms. The van der Waals surface area contributed by atoms with Crippen LogP contribution in [0.1, 0.15) is 31.7 Å². The van der Waals surface area contributed by atoms with Crippen molar-refractivity contribution in [1.82, 2.24) is 0 Å². The predicted molar refractivity (Wildman–Crippen MR) is 74.8 cm³/mol. The first kappa shape index (κ1) is 13.7. The summed E-state index contributed by atoms with van der Waals surface area (Å²) in [4.78, 5) is 10.8. The van der Waals surface area contributed by atoms with Crippen molar-refractivity contribution < 1.29 is 14.6 Å². The third-order valence-electron chi connectivity index (χ3n) is 3.69. The fourth-order valence-electron chi connectivity index (χ4n) is 2.23. The van der Waals surface area contributed by atoms with Gasteiger partial charge < -0.3 is 15.2 Å². The Balaban J connectivity index is 1.98. The number of methoxy groups -OCH3 is 1. The summed E-state index contributed by atoms with van der Waals surface area (Å²) in [5.41, 5.74) is 2.17. The van der Waals surface area contributed by atoms with Crippen molar-refractivity contribution >= 4 is 11.7 Å². The van der Waals surface area contributed by atoms with E-state index in [4.69, 9.17) is 9.84 Å². The van der Waals surface area contributed by atoms with Crippen LogP contribution >= 0.6 is 0 Å². The largest absolute Gasteiger partial charge is 0.495 e. The molecule has 1 aliphatic carbocycles. The van der Waals surface area contributed by atoms with Gasteiger partial charge in [-0.3, -0.25) is 4.79 Å². The number of anilines is 1. The number of aliphatic carboxylic acids is 1. The number of benzene rings is 1. The van der Waals surface area contributed by atoms with Crippen molar-refractivity contribution in [3.05, 3.63) is 23.8 Å². The smallest absolute Gasteiger partial charge is 0.306 e. The fourth-order valence-corrected chi connectivity index (χ4v) is 2.23. The normalized spacial score (nSPS) is 21.3. The Morgan fingerprint density at radius 1 is 1.53 bits per heavy atom. The zero-order valence-electron chi connectivity index (χ0n) is 11.6. The van der Waals surface area contributed by atoms with Gasteiger partial charge in [-0.05, 0) is 36.0 Å². The minimum absolute atomic E-state index is 0.173. The molecule has 0 aliphatic heterocycles. The van der Waals surface area contributed by atoms with Crippen molar-refractivity contribution in [1.29, 1.82) is 0 Å². The number of nitrogens with one attached hydrogen (secondary N) is 1. The number of hydrogen-bond donors (Lipinski definition) is 2. The van der Waals surface area contributed by atoms with Crippen molar-refractivity contribution in [2.45, 2.75) is 26.2 Å². The van der Waals surface area contributed by atoms with Crippen LogP contribution in [0.5, 0.6) is 5.75 Å². The number of ether oxygens (including phenoxy) is 1. The average molecular weight is 263 g/mol. The highest BCUT2D eigenvalue weighted by Gasteiger charge is 2.42. The van der Waals surface area contributed by atoms with Crippen LogP contribution in [0.4, 0.5) is 5.69 Å². The van der Waals surface area contributed by atoms with Gasteiger partial charge in [0.2, 0.25) is 0 Å². The van der Waals surface area contributed by atoms with E-state index in [1.54, 1.807) is 7.11 Å². The molecule has 0 saturated heterocycles. The minimum Gasteiger partial charge on any atom is -0.495 e. The van der Waals surface area contributed by atoms with E-state index in [1.165, 1.54) is 5.56 Å². The van der Waals surface area contributed by atoms with Crippen LogP contribution in [0.15, 0.2) is 18.2 Å². The molecule has 0 amide bonds. The molecule has 19 heavy (non-hydrogen) atoms. The number of carboxylic acid groups (broad SMARTS) is 1. The second-order valence-electron chi connectivity index (χ2n) is 5.44. The van der Waals surface area contributed by atoms with Crippen LogP contribution < -0.4 is 10.1 Å². The summed E-state index contributed by atoms with van der Waals surface area (Å²) in [6.45, 7) is 4.97. The molecule has 0 heterocycles. The van der Waals surface area contributed by atoms with Crippen molar-refractivity contribution in [3.63, 3.8) is 0 Å². The van der Waals surface area contributed by atoms with E-state index < -0.39 is 5.97 Å². The number of rotatable bonds is 6. The van der Waals surface area contributed by atoms with Crippen molar-refractivity contribution in [2.24, 2.45) is 11.8 Å². The molecule has 1 saturated carbocycles. The lowest BCUT2D eigenvalue weighted by Crippen LogP contribution is -2.09. The van der Waals surface area contributed by atoms with E-state index in [0.717, 1.165) is 17.9 Å². The maximum atomic E-state index is 10.8. The third kappa shape index (κ3) is 3.19. The maximum Gasteiger partial charge on any atom is 0.306 e. The third-order valence-corrected chi connectivity index (χ3v) is 3.69. The molecule has 2 rings (SSSR count). The molecule has 0 aromatic heterocycles. The summed E-state index contributed by atoms with van der Waals surface area (Å²) in [5, 5.41) is 12.2. The van der Waals surface area contributed by atoms with Gasteiger partial charge >= 0.3 is 5.97 Å². The molecule has 0 spiro atoms. The molecule has 2 unspecified atom stereocenters. The quantitative estimate of drug-likeness (QED) is 0.828. The highest BCUT2D eigenvalue weighted by Crippen LogP contribution is 2.39. The Labute approximate surface area is 113 Å². The molecule has 1 aromatic carbocycles. The zero-order chi connectivity index (χ0) is 14.0.